The molecule has 0 rings (SSSR count). The number of ether oxygens (including phenoxy) is 3. The fourth-order valence-corrected chi connectivity index (χ4v) is 6.70. The van der Waals surface area contributed by atoms with E-state index in [-0.39, 0.29) is 31.6 Å². The van der Waals surface area contributed by atoms with Gasteiger partial charge in [-0.2, -0.15) is 0 Å². The Labute approximate surface area is 387 Å². The van der Waals surface area contributed by atoms with E-state index in [4.69, 9.17) is 14.2 Å². The minimum absolute atomic E-state index is 0.121. The molecule has 0 saturated heterocycles. The second-order valence-corrected chi connectivity index (χ2v) is 16.7. The van der Waals surface area contributed by atoms with Crippen LogP contribution in [0.1, 0.15) is 226 Å². The fraction of sp³-hybridized carbons (Fsp3) is 0.667. The number of allylic oxidation sites excluding steroid dienone is 16. The molecule has 0 N–H and O–H groups in total. The Kier molecular flexibility index (Phi) is 48.0. The quantitative estimate of drug-likeness (QED) is 0.0199. The SMILES string of the molecule is CC/C=C\C/C=C\C/C=C\C/C=C\C/C=C\CCC(=O)OC(COC(=O)CCCCC/C=C\C=C/CCCC)COC(=O)CCCCCCC/C=C\CCCCCCCCCCC. The zero-order chi connectivity index (χ0) is 45.8. The van der Waals surface area contributed by atoms with Gasteiger partial charge in [0.15, 0.2) is 6.10 Å². The second kappa shape index (κ2) is 51.0. The molecule has 0 saturated carbocycles. The van der Waals surface area contributed by atoms with Gasteiger partial charge in [0.1, 0.15) is 13.2 Å². The first-order valence-electron chi connectivity index (χ1n) is 25.8. The van der Waals surface area contributed by atoms with Crippen LogP contribution in [0.5, 0.6) is 0 Å². The first-order chi connectivity index (χ1) is 31.0. The number of hydrogen-bond acceptors (Lipinski definition) is 6. The first-order valence-corrected chi connectivity index (χ1v) is 25.8. The van der Waals surface area contributed by atoms with Crippen LogP contribution in [-0.4, -0.2) is 37.2 Å². The van der Waals surface area contributed by atoms with Gasteiger partial charge < -0.3 is 14.2 Å². The van der Waals surface area contributed by atoms with Gasteiger partial charge >= 0.3 is 17.9 Å². The Morgan fingerprint density at radius 3 is 1.19 bits per heavy atom. The summed E-state index contributed by atoms with van der Waals surface area (Å²) in [7, 11) is 0. The third kappa shape index (κ3) is 49.2. The van der Waals surface area contributed by atoms with Crippen molar-refractivity contribution in [2.75, 3.05) is 13.2 Å². The molecule has 0 aromatic carbocycles. The molecule has 0 fully saturated rings. The highest BCUT2D eigenvalue weighted by atomic mass is 16.6. The van der Waals surface area contributed by atoms with E-state index in [1.807, 2.05) is 12.2 Å². The van der Waals surface area contributed by atoms with Crippen molar-refractivity contribution < 1.29 is 28.6 Å². The third-order valence-corrected chi connectivity index (χ3v) is 10.6. The van der Waals surface area contributed by atoms with Gasteiger partial charge in [-0.05, 0) is 96.3 Å². The van der Waals surface area contributed by atoms with Gasteiger partial charge in [0.2, 0.25) is 0 Å². The van der Waals surface area contributed by atoms with Crippen molar-refractivity contribution in [2.45, 2.75) is 232 Å². The van der Waals surface area contributed by atoms with Crippen LogP contribution in [0.3, 0.4) is 0 Å². The van der Waals surface area contributed by atoms with Gasteiger partial charge in [-0.1, -0.05) is 208 Å². The Bertz CT molecular complexity index is 1280. The molecule has 63 heavy (non-hydrogen) atoms. The van der Waals surface area contributed by atoms with E-state index in [0.29, 0.717) is 19.3 Å². The monoisotopic (exact) mass is 875 g/mol. The maximum atomic E-state index is 12.7. The normalized spacial score (nSPS) is 12.9. The Balaban J connectivity index is 4.50. The number of rotatable bonds is 45. The smallest absolute Gasteiger partial charge is 0.306 e. The van der Waals surface area contributed by atoms with Crippen LogP contribution in [0.4, 0.5) is 0 Å². The van der Waals surface area contributed by atoms with Crippen LogP contribution >= 0.6 is 0 Å². The summed E-state index contributed by atoms with van der Waals surface area (Å²) in [6.07, 6.45) is 67.0. The van der Waals surface area contributed by atoms with Gasteiger partial charge in [0, 0.05) is 19.3 Å². The highest BCUT2D eigenvalue weighted by molar-refractivity contribution is 5.71. The van der Waals surface area contributed by atoms with E-state index in [9.17, 15) is 14.4 Å². The average molecular weight is 875 g/mol. The maximum absolute atomic E-state index is 12.7. The number of hydrogen-bond donors (Lipinski definition) is 0. The predicted molar refractivity (Wildman–Crippen MR) is 270 cm³/mol. The van der Waals surface area contributed by atoms with Gasteiger partial charge in [-0.25, -0.2) is 0 Å². The van der Waals surface area contributed by atoms with Crippen LogP contribution in [0.25, 0.3) is 0 Å². The summed E-state index contributed by atoms with van der Waals surface area (Å²) in [6, 6.07) is 0. The van der Waals surface area contributed by atoms with Crippen LogP contribution in [0.2, 0.25) is 0 Å². The van der Waals surface area contributed by atoms with Gasteiger partial charge in [-0.15, -0.1) is 0 Å². The first kappa shape index (κ1) is 59.3. The lowest BCUT2D eigenvalue weighted by molar-refractivity contribution is -0.166. The van der Waals surface area contributed by atoms with Crippen molar-refractivity contribution in [1.29, 1.82) is 0 Å². The van der Waals surface area contributed by atoms with Crippen LogP contribution in [0, 0.1) is 0 Å². The van der Waals surface area contributed by atoms with Crippen molar-refractivity contribution in [3.05, 3.63) is 97.2 Å². The van der Waals surface area contributed by atoms with Crippen molar-refractivity contribution in [3.8, 4) is 0 Å². The predicted octanol–water partition coefficient (Wildman–Crippen LogP) is 17.0. The lowest BCUT2D eigenvalue weighted by atomic mass is 10.1. The molecule has 0 aromatic heterocycles. The fourth-order valence-electron chi connectivity index (χ4n) is 6.70. The summed E-state index contributed by atoms with van der Waals surface area (Å²) in [5.74, 6) is -1.05. The maximum Gasteiger partial charge on any atom is 0.306 e. The van der Waals surface area contributed by atoms with Crippen molar-refractivity contribution in [3.63, 3.8) is 0 Å². The zero-order valence-corrected chi connectivity index (χ0v) is 40.8. The molecular formula is C57H94O6. The number of unbranched alkanes of at least 4 members (excludes halogenated alkanes) is 19. The summed E-state index contributed by atoms with van der Waals surface area (Å²) >= 11 is 0. The van der Waals surface area contributed by atoms with E-state index in [1.165, 1.54) is 83.5 Å². The molecule has 358 valence electrons. The van der Waals surface area contributed by atoms with Crippen LogP contribution < -0.4 is 0 Å². The lowest BCUT2D eigenvalue weighted by Gasteiger charge is -2.18. The lowest BCUT2D eigenvalue weighted by Crippen LogP contribution is -2.30. The minimum atomic E-state index is -0.831. The molecule has 1 atom stereocenters. The Morgan fingerprint density at radius 1 is 0.349 bits per heavy atom. The molecule has 0 heterocycles. The van der Waals surface area contributed by atoms with Crippen molar-refractivity contribution in [1.82, 2.24) is 0 Å². The van der Waals surface area contributed by atoms with E-state index >= 15 is 0 Å². The average Bonchev–Trinajstić information content (AvgIpc) is 3.28. The van der Waals surface area contributed by atoms with Crippen LogP contribution in [-0.2, 0) is 28.6 Å². The standard InChI is InChI=1S/C57H94O6/c1-4-7-10-13-16-19-22-24-26-28-29-31-32-35-38-41-44-47-50-56(59)62-53-54(52-61-55(58)49-46-43-40-37-34-21-18-15-12-9-6-3)63-57(60)51-48-45-42-39-36-33-30-27-25-23-20-17-14-11-8-5-2/h8,11,15,17-18,20-21,25,27,29,31,33-34,36,42,45,54H,4-7,9-10,12-14,16,19,22-24,26,28,30,32,35,37-41,43-44,46-53H2,1-3H3/b11-8-,18-15-,20-17-,27-25-,31-29-,34-21-,36-33-,45-42-. The van der Waals surface area contributed by atoms with Crippen LogP contribution in [0.15, 0.2) is 97.2 Å². The summed E-state index contributed by atoms with van der Waals surface area (Å²) in [6.45, 7) is 6.37. The molecule has 0 aromatic rings. The van der Waals surface area contributed by atoms with E-state index in [2.05, 4.69) is 106 Å². The van der Waals surface area contributed by atoms with E-state index < -0.39 is 12.1 Å². The highest BCUT2D eigenvalue weighted by Gasteiger charge is 2.19. The molecular weight excluding hydrogens is 781 g/mol. The molecule has 0 spiro atoms. The van der Waals surface area contributed by atoms with Gasteiger partial charge in [0.05, 0.1) is 0 Å². The Hall–Kier alpha value is -3.67. The molecule has 0 radical (unpaired) electrons. The molecule has 0 bridgehead atoms. The van der Waals surface area contributed by atoms with E-state index in [0.717, 1.165) is 96.3 Å². The zero-order valence-electron chi connectivity index (χ0n) is 40.8. The molecule has 0 aliphatic heterocycles. The van der Waals surface area contributed by atoms with Gasteiger partial charge in [-0.3, -0.25) is 14.4 Å². The summed E-state index contributed by atoms with van der Waals surface area (Å²) in [4.78, 5) is 37.9. The number of carbonyl (C=O) groups excluding carboxylic acids is 3. The third-order valence-electron chi connectivity index (χ3n) is 10.6. The summed E-state index contributed by atoms with van der Waals surface area (Å²) in [5.41, 5.74) is 0. The molecule has 6 heteroatoms. The summed E-state index contributed by atoms with van der Waals surface area (Å²) in [5, 5.41) is 0. The topological polar surface area (TPSA) is 78.9 Å². The Morgan fingerprint density at radius 2 is 0.714 bits per heavy atom. The van der Waals surface area contributed by atoms with Crippen molar-refractivity contribution in [2.24, 2.45) is 0 Å². The largest absolute Gasteiger partial charge is 0.462 e. The molecule has 0 amide bonds. The second-order valence-electron chi connectivity index (χ2n) is 16.7. The molecule has 1 unspecified atom stereocenters. The molecule has 6 nitrogen and oxygen atoms in total. The van der Waals surface area contributed by atoms with E-state index in [1.54, 1.807) is 0 Å². The molecule has 0 aliphatic rings. The number of esters is 3. The summed E-state index contributed by atoms with van der Waals surface area (Å²) < 4.78 is 16.7. The van der Waals surface area contributed by atoms with Crippen molar-refractivity contribution >= 4 is 17.9 Å². The minimum Gasteiger partial charge on any atom is -0.462 e. The highest BCUT2D eigenvalue weighted by Crippen LogP contribution is 2.13. The van der Waals surface area contributed by atoms with Gasteiger partial charge in [0.25, 0.3) is 0 Å². The number of carbonyl (C=O) groups is 3. The molecule has 0 aliphatic carbocycles.